The molecule has 1 heterocycles. The Morgan fingerprint density at radius 2 is 2.06 bits per heavy atom. The summed E-state index contributed by atoms with van der Waals surface area (Å²) in [4.78, 5) is 4.51. The van der Waals surface area contributed by atoms with E-state index in [0.717, 1.165) is 0 Å². The van der Waals surface area contributed by atoms with Gasteiger partial charge in [0.1, 0.15) is 5.82 Å². The van der Waals surface area contributed by atoms with Crippen LogP contribution < -0.4 is 15.2 Å². The molecule has 0 bridgehead atoms. The molecule has 1 aromatic heterocycles. The van der Waals surface area contributed by atoms with Crippen LogP contribution in [-0.2, 0) is 0 Å². The van der Waals surface area contributed by atoms with Gasteiger partial charge < -0.3 is 15.2 Å². The molecule has 0 amide bonds. The van der Waals surface area contributed by atoms with E-state index in [9.17, 15) is 4.39 Å². The summed E-state index contributed by atoms with van der Waals surface area (Å²) in [6, 6.07) is 2.84. The maximum absolute atomic E-state index is 13.9. The second-order valence-corrected chi connectivity index (χ2v) is 4.28. The minimum atomic E-state index is -0.397. The maximum Gasteiger partial charge on any atom is 0.180 e. The number of methoxy groups -OCH3 is 2. The minimum absolute atomic E-state index is 0.320. The zero-order valence-electron chi connectivity index (χ0n) is 9.36. The van der Waals surface area contributed by atoms with Crippen LogP contribution in [0.1, 0.15) is 0 Å². The van der Waals surface area contributed by atoms with Crippen LogP contribution in [0.2, 0.25) is 0 Å². The summed E-state index contributed by atoms with van der Waals surface area (Å²) in [7, 11) is 2.96. The number of rotatable bonds is 3. The summed E-state index contributed by atoms with van der Waals surface area (Å²) in [5.41, 5.74) is 5.86. The minimum Gasteiger partial charge on any atom is -0.493 e. The molecule has 0 atom stereocenters. The van der Waals surface area contributed by atoms with Crippen molar-refractivity contribution in [2.45, 2.75) is 0 Å². The van der Waals surface area contributed by atoms with Crippen molar-refractivity contribution in [2.24, 2.45) is 0 Å². The lowest BCUT2D eigenvalue weighted by Crippen LogP contribution is -1.95. The Hall–Kier alpha value is -1.82. The van der Waals surface area contributed by atoms with Crippen LogP contribution in [0, 0.1) is 5.82 Å². The molecule has 0 radical (unpaired) electrons. The molecule has 0 saturated heterocycles. The third-order valence-electron chi connectivity index (χ3n) is 2.26. The fraction of sp³-hybridized carbons (Fsp3) is 0.182. The Labute approximate surface area is 102 Å². The van der Waals surface area contributed by atoms with E-state index in [4.69, 9.17) is 15.2 Å². The average Bonchev–Trinajstić information content (AvgIpc) is 2.74. The van der Waals surface area contributed by atoms with Gasteiger partial charge in [0, 0.05) is 6.20 Å². The fourth-order valence-corrected chi connectivity index (χ4v) is 2.26. The molecule has 0 aliphatic carbocycles. The monoisotopic (exact) mass is 254 g/mol. The number of anilines is 1. The smallest absolute Gasteiger partial charge is 0.180 e. The molecule has 2 rings (SSSR count). The van der Waals surface area contributed by atoms with E-state index < -0.39 is 5.82 Å². The summed E-state index contributed by atoms with van der Waals surface area (Å²) in [5.74, 6) is 0.415. The van der Waals surface area contributed by atoms with Gasteiger partial charge in [-0.15, -0.1) is 0 Å². The number of halogens is 1. The van der Waals surface area contributed by atoms with E-state index in [1.54, 1.807) is 0 Å². The van der Waals surface area contributed by atoms with E-state index in [1.807, 2.05) is 0 Å². The number of hydrogen-bond donors (Lipinski definition) is 1. The highest BCUT2D eigenvalue weighted by Crippen LogP contribution is 2.42. The number of thiazole rings is 1. The van der Waals surface area contributed by atoms with Crippen LogP contribution in [-0.4, -0.2) is 19.2 Å². The average molecular weight is 254 g/mol. The standard InChI is InChI=1S/C11H11FN2O2S/c1-15-7-4-3-6(12)9(10(7)16-2)8-5-14-11(13)17-8/h3-5H,1-2H3,(H2,13,14). The number of nitrogens with zero attached hydrogens (tertiary/aromatic N) is 1. The zero-order chi connectivity index (χ0) is 12.4. The van der Waals surface area contributed by atoms with Crippen molar-refractivity contribution in [1.82, 2.24) is 4.98 Å². The van der Waals surface area contributed by atoms with Gasteiger partial charge in [-0.1, -0.05) is 11.3 Å². The van der Waals surface area contributed by atoms with E-state index in [2.05, 4.69) is 4.98 Å². The highest BCUT2D eigenvalue weighted by atomic mass is 32.1. The molecule has 0 spiro atoms. The molecule has 90 valence electrons. The second-order valence-electron chi connectivity index (χ2n) is 3.22. The van der Waals surface area contributed by atoms with Crippen LogP contribution in [0.25, 0.3) is 10.4 Å². The number of benzene rings is 1. The Bertz CT molecular complexity index is 542. The Balaban J connectivity index is 2.66. The van der Waals surface area contributed by atoms with Crippen LogP contribution >= 0.6 is 11.3 Å². The van der Waals surface area contributed by atoms with Crippen molar-refractivity contribution >= 4 is 16.5 Å². The first-order valence-corrected chi connectivity index (χ1v) is 5.61. The zero-order valence-corrected chi connectivity index (χ0v) is 10.2. The second kappa shape index (κ2) is 4.58. The van der Waals surface area contributed by atoms with Crippen molar-refractivity contribution < 1.29 is 13.9 Å². The summed E-state index contributed by atoms with van der Waals surface area (Å²) >= 11 is 1.19. The third-order valence-corrected chi connectivity index (χ3v) is 3.11. The maximum atomic E-state index is 13.9. The first-order chi connectivity index (χ1) is 8.17. The highest BCUT2D eigenvalue weighted by Gasteiger charge is 2.18. The molecule has 6 heteroatoms. The van der Waals surface area contributed by atoms with Gasteiger partial charge in [0.05, 0.1) is 24.7 Å². The number of hydrogen-bond acceptors (Lipinski definition) is 5. The van der Waals surface area contributed by atoms with Gasteiger partial charge in [-0.3, -0.25) is 0 Å². The van der Waals surface area contributed by atoms with Gasteiger partial charge in [-0.2, -0.15) is 0 Å². The molecular weight excluding hydrogens is 243 g/mol. The van der Waals surface area contributed by atoms with E-state index in [0.29, 0.717) is 27.1 Å². The lowest BCUT2D eigenvalue weighted by atomic mass is 10.1. The molecule has 2 N–H and O–H groups in total. The number of ether oxygens (including phenoxy) is 2. The van der Waals surface area contributed by atoms with E-state index in [-0.39, 0.29) is 0 Å². The summed E-state index contributed by atoms with van der Waals surface area (Å²) < 4.78 is 24.2. The van der Waals surface area contributed by atoms with Crippen LogP contribution in [0.15, 0.2) is 18.3 Å². The Morgan fingerprint density at radius 1 is 1.29 bits per heavy atom. The SMILES string of the molecule is COc1ccc(F)c(-c2cnc(N)s2)c1OC. The third kappa shape index (κ3) is 2.03. The van der Waals surface area contributed by atoms with Crippen LogP contribution in [0.4, 0.5) is 9.52 Å². The molecule has 0 aliphatic heterocycles. The van der Waals surface area contributed by atoms with Crippen LogP contribution in [0.5, 0.6) is 11.5 Å². The molecule has 1 aromatic carbocycles. The summed E-state index contributed by atoms with van der Waals surface area (Å²) in [5, 5.41) is 0.379. The van der Waals surface area contributed by atoms with Gasteiger partial charge in [-0.05, 0) is 12.1 Å². The van der Waals surface area contributed by atoms with Crippen molar-refractivity contribution in [3.8, 4) is 21.9 Å². The first kappa shape index (κ1) is 11.7. The van der Waals surface area contributed by atoms with Crippen molar-refractivity contribution in [3.63, 3.8) is 0 Å². The Morgan fingerprint density at radius 3 is 2.59 bits per heavy atom. The lowest BCUT2D eigenvalue weighted by Gasteiger charge is -2.11. The fourth-order valence-electron chi connectivity index (χ4n) is 1.54. The molecule has 0 fully saturated rings. The molecule has 0 unspecified atom stereocenters. The van der Waals surface area contributed by atoms with E-state index >= 15 is 0 Å². The predicted octanol–water partition coefficient (Wildman–Crippen LogP) is 2.55. The molecule has 2 aromatic rings. The summed E-state index contributed by atoms with van der Waals surface area (Å²) in [6.45, 7) is 0. The van der Waals surface area contributed by atoms with Gasteiger partial charge in [0.25, 0.3) is 0 Å². The summed E-state index contributed by atoms with van der Waals surface area (Å²) in [6.07, 6.45) is 1.51. The van der Waals surface area contributed by atoms with E-state index in [1.165, 1.54) is 43.9 Å². The van der Waals surface area contributed by atoms with Crippen molar-refractivity contribution in [1.29, 1.82) is 0 Å². The van der Waals surface area contributed by atoms with Crippen molar-refractivity contribution in [2.75, 3.05) is 20.0 Å². The van der Waals surface area contributed by atoms with Crippen molar-refractivity contribution in [3.05, 3.63) is 24.1 Å². The van der Waals surface area contributed by atoms with Gasteiger partial charge in [0.2, 0.25) is 0 Å². The largest absolute Gasteiger partial charge is 0.493 e. The molecular formula is C11H11FN2O2S. The quantitative estimate of drug-likeness (QED) is 0.914. The normalized spacial score (nSPS) is 10.3. The molecule has 17 heavy (non-hydrogen) atoms. The first-order valence-electron chi connectivity index (χ1n) is 4.79. The Kier molecular flexibility index (Phi) is 3.14. The number of nitrogen functional groups attached to an aromatic ring is 1. The van der Waals surface area contributed by atoms with Gasteiger partial charge in [0.15, 0.2) is 16.6 Å². The van der Waals surface area contributed by atoms with Gasteiger partial charge in [-0.25, -0.2) is 9.37 Å². The number of nitrogens with two attached hydrogens (primary N) is 1. The molecule has 0 saturated carbocycles. The topological polar surface area (TPSA) is 57.4 Å². The highest BCUT2D eigenvalue weighted by molar-refractivity contribution is 7.18. The lowest BCUT2D eigenvalue weighted by molar-refractivity contribution is 0.354. The predicted molar refractivity (Wildman–Crippen MR) is 65.0 cm³/mol. The van der Waals surface area contributed by atoms with Gasteiger partial charge >= 0.3 is 0 Å². The molecule has 4 nitrogen and oxygen atoms in total. The molecule has 0 aliphatic rings. The van der Waals surface area contributed by atoms with Crippen LogP contribution in [0.3, 0.4) is 0 Å². The number of aromatic nitrogens is 1.